The molecule has 1 aromatic heterocycles. The number of hydrogen-bond donors (Lipinski definition) is 2. The Labute approximate surface area is 205 Å². The lowest BCUT2D eigenvalue weighted by atomic mass is 10.2. The van der Waals surface area contributed by atoms with Crippen LogP contribution in [0.4, 0.5) is 0 Å². The first-order valence-corrected chi connectivity index (χ1v) is 10.8. The molecule has 1 heterocycles. The number of methoxy groups -OCH3 is 3. The van der Waals surface area contributed by atoms with E-state index in [1.54, 1.807) is 44.6 Å². The predicted molar refractivity (Wildman–Crippen MR) is 129 cm³/mol. The van der Waals surface area contributed by atoms with Crippen LogP contribution < -0.4 is 18.9 Å². The zero-order valence-corrected chi connectivity index (χ0v) is 20.0. The van der Waals surface area contributed by atoms with Gasteiger partial charge in [-0.25, -0.2) is 9.78 Å². The first kappa shape index (κ1) is 24.8. The Morgan fingerprint density at radius 2 is 1.88 bits per heavy atom. The fourth-order valence-corrected chi connectivity index (χ4v) is 3.81. The van der Waals surface area contributed by atoms with E-state index in [0.29, 0.717) is 34.2 Å². The van der Waals surface area contributed by atoms with E-state index in [1.165, 1.54) is 13.2 Å². The second-order valence-electron chi connectivity index (χ2n) is 6.51. The highest BCUT2D eigenvalue weighted by Gasteiger charge is 2.17. The maximum atomic E-state index is 11.9. The second-order valence-corrected chi connectivity index (χ2v) is 7.93. The van der Waals surface area contributed by atoms with Crippen LogP contribution in [0.5, 0.6) is 23.0 Å². The van der Waals surface area contributed by atoms with E-state index in [9.17, 15) is 9.90 Å². The number of terminal acetylenes is 1. The van der Waals surface area contributed by atoms with Crippen LogP contribution in [-0.4, -0.2) is 54.2 Å². The molecule has 0 aliphatic carbocycles. The Bertz CT molecular complexity index is 1250. The van der Waals surface area contributed by atoms with Crippen molar-refractivity contribution in [1.82, 2.24) is 15.2 Å². The molecule has 0 unspecified atom stereocenters. The third-order valence-corrected chi connectivity index (χ3v) is 5.51. The highest BCUT2D eigenvalue weighted by Crippen LogP contribution is 2.38. The van der Waals surface area contributed by atoms with Gasteiger partial charge in [0.15, 0.2) is 17.3 Å². The van der Waals surface area contributed by atoms with Crippen LogP contribution in [0.1, 0.15) is 5.56 Å². The molecule has 0 saturated carbocycles. The summed E-state index contributed by atoms with van der Waals surface area (Å²) in [6, 6.07) is 8.37. The zero-order valence-electron chi connectivity index (χ0n) is 18.4. The average Bonchev–Trinajstić information content (AvgIpc) is 3.30. The second kappa shape index (κ2) is 11.4. The topological polar surface area (TPSA) is 116 Å². The molecule has 2 aromatic carbocycles. The number of carboxylic acid groups (broad SMARTS) is 1. The van der Waals surface area contributed by atoms with Crippen molar-refractivity contribution in [3.63, 3.8) is 0 Å². The third kappa shape index (κ3) is 5.95. The number of rotatable bonds is 10. The molecule has 0 aliphatic rings. The monoisotopic (exact) mass is 501 g/mol. The fourth-order valence-electron chi connectivity index (χ4n) is 2.83. The number of H-pyrrole nitrogens is 1. The van der Waals surface area contributed by atoms with Crippen molar-refractivity contribution in [2.24, 2.45) is 0 Å². The van der Waals surface area contributed by atoms with Crippen LogP contribution in [0.2, 0.25) is 5.02 Å². The number of aromatic amines is 1. The number of nitrogens with one attached hydrogen (secondary N) is 1. The Morgan fingerprint density at radius 3 is 2.47 bits per heavy atom. The summed E-state index contributed by atoms with van der Waals surface area (Å²) in [4.78, 5) is 16.2. The summed E-state index contributed by atoms with van der Waals surface area (Å²) in [5, 5.41) is 17.1. The SMILES string of the molecule is C#CCOc1c(Cl)cc(/C=C(\Sc2n[nH]c(-c3cc(OC)cc(OC)c3)n2)C(=O)O)cc1OC. The van der Waals surface area contributed by atoms with Crippen LogP contribution in [0, 0.1) is 12.3 Å². The molecule has 0 spiro atoms. The van der Waals surface area contributed by atoms with Crippen LogP contribution in [0.25, 0.3) is 17.5 Å². The maximum absolute atomic E-state index is 11.9. The maximum Gasteiger partial charge on any atom is 0.342 e. The van der Waals surface area contributed by atoms with Gasteiger partial charge in [-0.15, -0.1) is 11.5 Å². The van der Waals surface area contributed by atoms with Gasteiger partial charge in [-0.3, -0.25) is 5.10 Å². The van der Waals surface area contributed by atoms with Crippen LogP contribution in [0.3, 0.4) is 0 Å². The molecule has 9 nitrogen and oxygen atoms in total. The van der Waals surface area contributed by atoms with Gasteiger partial charge in [-0.1, -0.05) is 17.5 Å². The Balaban J connectivity index is 1.90. The lowest BCUT2D eigenvalue weighted by Gasteiger charge is -2.12. The summed E-state index contributed by atoms with van der Waals surface area (Å²) in [6.07, 6.45) is 6.65. The highest BCUT2D eigenvalue weighted by atomic mass is 35.5. The van der Waals surface area contributed by atoms with Crippen LogP contribution in [0.15, 0.2) is 40.4 Å². The summed E-state index contributed by atoms with van der Waals surface area (Å²) in [5.74, 6) is 3.35. The van der Waals surface area contributed by atoms with Crippen molar-refractivity contribution in [1.29, 1.82) is 0 Å². The minimum Gasteiger partial charge on any atom is -0.497 e. The van der Waals surface area contributed by atoms with E-state index in [1.807, 2.05) is 0 Å². The molecule has 176 valence electrons. The Morgan fingerprint density at radius 1 is 1.18 bits per heavy atom. The molecular formula is C23H20ClN3O6S. The number of carboxylic acids is 1. The van der Waals surface area contributed by atoms with E-state index in [0.717, 1.165) is 11.8 Å². The van der Waals surface area contributed by atoms with Crippen molar-refractivity contribution in [3.8, 4) is 46.7 Å². The van der Waals surface area contributed by atoms with E-state index < -0.39 is 5.97 Å². The van der Waals surface area contributed by atoms with Gasteiger partial charge < -0.3 is 24.1 Å². The van der Waals surface area contributed by atoms with Gasteiger partial charge in [-0.2, -0.15) is 0 Å². The molecular weight excluding hydrogens is 482 g/mol. The molecule has 0 atom stereocenters. The number of hydrogen-bond acceptors (Lipinski definition) is 8. The number of ether oxygens (including phenoxy) is 4. The lowest BCUT2D eigenvalue weighted by Crippen LogP contribution is -1.99. The third-order valence-electron chi connectivity index (χ3n) is 4.35. The summed E-state index contributed by atoms with van der Waals surface area (Å²) in [7, 11) is 4.52. The Hall–Kier alpha value is -3.81. The molecule has 0 saturated heterocycles. The minimum absolute atomic E-state index is 0.00776. The van der Waals surface area contributed by atoms with Gasteiger partial charge in [0.05, 0.1) is 26.4 Å². The first-order chi connectivity index (χ1) is 16.4. The summed E-state index contributed by atoms with van der Waals surface area (Å²) in [5.41, 5.74) is 1.14. The summed E-state index contributed by atoms with van der Waals surface area (Å²) < 4.78 is 21.3. The smallest absolute Gasteiger partial charge is 0.342 e. The van der Waals surface area contributed by atoms with E-state index in [2.05, 4.69) is 21.1 Å². The number of thioether (sulfide) groups is 1. The lowest BCUT2D eigenvalue weighted by molar-refractivity contribution is -0.131. The van der Waals surface area contributed by atoms with Gasteiger partial charge in [0.2, 0.25) is 5.16 Å². The highest BCUT2D eigenvalue weighted by molar-refractivity contribution is 8.04. The zero-order chi connectivity index (χ0) is 24.7. The van der Waals surface area contributed by atoms with Gasteiger partial charge in [0, 0.05) is 11.6 Å². The Kier molecular flexibility index (Phi) is 8.29. The number of nitrogens with zero attached hydrogens (tertiary/aromatic N) is 2. The van der Waals surface area contributed by atoms with E-state index >= 15 is 0 Å². The molecule has 3 rings (SSSR count). The summed E-state index contributed by atoms with van der Waals surface area (Å²) >= 11 is 7.15. The van der Waals surface area contributed by atoms with Crippen molar-refractivity contribution in [2.75, 3.05) is 27.9 Å². The molecule has 34 heavy (non-hydrogen) atoms. The number of benzene rings is 2. The predicted octanol–water partition coefficient (Wildman–Crippen LogP) is 4.38. The number of aliphatic carboxylic acids is 1. The molecule has 0 radical (unpaired) electrons. The molecule has 11 heteroatoms. The fraction of sp³-hybridized carbons (Fsp3) is 0.174. The van der Waals surface area contributed by atoms with Crippen LogP contribution in [-0.2, 0) is 4.79 Å². The molecule has 0 amide bonds. The standard InChI is InChI=1S/C23H20ClN3O6S/c1-5-6-33-20-17(24)7-13(8-18(20)32-4)9-19(22(28)29)34-23-25-21(26-27-23)14-10-15(30-2)12-16(11-14)31-3/h1,7-12H,6H2,2-4H3,(H,28,29)(H,25,26,27)/b19-9-. The van der Waals surface area contributed by atoms with Gasteiger partial charge >= 0.3 is 5.97 Å². The van der Waals surface area contributed by atoms with Gasteiger partial charge in [0.1, 0.15) is 23.0 Å². The molecule has 3 aromatic rings. The molecule has 0 bridgehead atoms. The van der Waals surface area contributed by atoms with Crippen molar-refractivity contribution >= 4 is 35.4 Å². The largest absolute Gasteiger partial charge is 0.497 e. The number of carbonyl (C=O) groups is 1. The van der Waals surface area contributed by atoms with E-state index in [4.69, 9.17) is 37.0 Å². The minimum atomic E-state index is -1.16. The van der Waals surface area contributed by atoms with Crippen molar-refractivity contribution in [2.45, 2.75) is 5.16 Å². The molecule has 0 aliphatic heterocycles. The summed E-state index contributed by atoms with van der Waals surface area (Å²) in [6.45, 7) is 0.00776. The number of halogens is 1. The van der Waals surface area contributed by atoms with Gasteiger partial charge in [0.25, 0.3) is 0 Å². The number of aromatic nitrogens is 3. The van der Waals surface area contributed by atoms with Crippen molar-refractivity contribution < 1.29 is 28.8 Å². The molecule has 2 N–H and O–H groups in total. The normalized spacial score (nSPS) is 11.0. The van der Waals surface area contributed by atoms with Gasteiger partial charge in [-0.05, 0) is 47.7 Å². The molecule has 0 fully saturated rings. The average molecular weight is 502 g/mol. The first-order valence-electron chi connectivity index (χ1n) is 9.61. The quantitative estimate of drug-likeness (QED) is 0.237. The van der Waals surface area contributed by atoms with E-state index in [-0.39, 0.29) is 27.4 Å². The van der Waals surface area contributed by atoms with Crippen LogP contribution >= 0.6 is 23.4 Å². The van der Waals surface area contributed by atoms with Crippen molar-refractivity contribution in [3.05, 3.63) is 45.8 Å².